The average Bonchev–Trinajstić information content (AvgIpc) is 2.53. The van der Waals surface area contributed by atoms with Gasteiger partial charge in [-0.05, 0) is 32.6 Å². The third-order valence-corrected chi connectivity index (χ3v) is 3.76. The molecule has 0 spiro atoms. The van der Waals surface area contributed by atoms with Crippen molar-refractivity contribution in [2.24, 2.45) is 5.41 Å². The average molecular weight is 402 g/mol. The predicted octanol–water partition coefficient (Wildman–Crippen LogP) is 1.50. The van der Waals surface area contributed by atoms with Crippen molar-refractivity contribution in [3.05, 3.63) is 0 Å². The van der Waals surface area contributed by atoms with Crippen LogP contribution in [0, 0.1) is 5.41 Å². The Labute approximate surface area is 167 Å². The van der Waals surface area contributed by atoms with Crippen molar-refractivity contribution in [2.45, 2.75) is 78.5 Å². The fourth-order valence-electron chi connectivity index (χ4n) is 2.36. The van der Waals surface area contributed by atoms with E-state index >= 15 is 0 Å². The second-order valence-corrected chi connectivity index (χ2v) is 8.64. The van der Waals surface area contributed by atoms with Gasteiger partial charge in [0.25, 0.3) is 0 Å². The van der Waals surface area contributed by atoms with Gasteiger partial charge in [-0.25, -0.2) is 4.79 Å². The molecule has 0 bridgehead atoms. The van der Waals surface area contributed by atoms with Crippen LogP contribution in [0.4, 0.5) is 4.79 Å². The van der Waals surface area contributed by atoms with Crippen LogP contribution in [-0.2, 0) is 23.9 Å². The fraction of sp³-hybridized carbons (Fsp3) is 0.789. The maximum Gasteiger partial charge on any atom is 0.407 e. The van der Waals surface area contributed by atoms with Crippen LogP contribution in [0.25, 0.3) is 0 Å². The van der Waals surface area contributed by atoms with Crippen molar-refractivity contribution in [2.75, 3.05) is 14.2 Å². The zero-order chi connectivity index (χ0) is 22.1. The standard InChI is InChI=1S/C19H35N3O6/c1-18(2,3)15(16(25)20-7)22-13(23)11-12(9-10-14(24)27-8)21-17(26)28-19(4,5)6/h12,15H,9-11H2,1-8H3,(H,20,25)(H,21,26)(H,22,23)/t12-,15+/m0/s1. The highest BCUT2D eigenvalue weighted by atomic mass is 16.6. The summed E-state index contributed by atoms with van der Waals surface area (Å²) in [7, 11) is 2.76. The number of hydrogen-bond acceptors (Lipinski definition) is 6. The number of alkyl carbamates (subject to hydrolysis) is 1. The van der Waals surface area contributed by atoms with Crippen LogP contribution in [0.5, 0.6) is 0 Å². The molecule has 0 fully saturated rings. The van der Waals surface area contributed by atoms with Crippen LogP contribution < -0.4 is 16.0 Å². The lowest BCUT2D eigenvalue weighted by Gasteiger charge is -2.30. The maximum absolute atomic E-state index is 12.5. The third-order valence-electron chi connectivity index (χ3n) is 3.76. The summed E-state index contributed by atoms with van der Waals surface area (Å²) in [6.45, 7) is 10.7. The number of amides is 3. The Morgan fingerprint density at radius 1 is 0.964 bits per heavy atom. The lowest BCUT2D eigenvalue weighted by molar-refractivity contribution is -0.141. The fourth-order valence-corrected chi connectivity index (χ4v) is 2.36. The minimum absolute atomic E-state index is 0.0301. The first-order valence-corrected chi connectivity index (χ1v) is 9.27. The Balaban J connectivity index is 5.12. The molecule has 0 aliphatic carbocycles. The molecule has 0 rings (SSSR count). The molecule has 9 nitrogen and oxygen atoms in total. The molecule has 0 saturated heterocycles. The summed E-state index contributed by atoms with van der Waals surface area (Å²) in [5, 5.41) is 7.84. The molecule has 0 aliphatic rings. The molecule has 0 aromatic carbocycles. The summed E-state index contributed by atoms with van der Waals surface area (Å²) >= 11 is 0. The summed E-state index contributed by atoms with van der Waals surface area (Å²) in [5.74, 6) is -1.18. The molecule has 0 aromatic rings. The molecular weight excluding hydrogens is 366 g/mol. The summed E-state index contributed by atoms with van der Waals surface area (Å²) < 4.78 is 9.82. The van der Waals surface area contributed by atoms with Crippen LogP contribution in [0.3, 0.4) is 0 Å². The van der Waals surface area contributed by atoms with E-state index in [1.165, 1.54) is 14.2 Å². The SMILES string of the molecule is CNC(=O)[C@@H](NC(=O)C[C@H](CCC(=O)OC)NC(=O)OC(C)(C)C)C(C)(C)C. The van der Waals surface area contributed by atoms with Crippen LogP contribution >= 0.6 is 0 Å². The number of likely N-dealkylation sites (N-methyl/N-ethyl adjacent to an activating group) is 1. The predicted molar refractivity (Wildman–Crippen MR) is 104 cm³/mol. The molecule has 0 unspecified atom stereocenters. The van der Waals surface area contributed by atoms with E-state index in [1.807, 2.05) is 20.8 Å². The number of esters is 1. The van der Waals surface area contributed by atoms with Crippen LogP contribution in [0.2, 0.25) is 0 Å². The van der Waals surface area contributed by atoms with E-state index in [2.05, 4.69) is 20.7 Å². The topological polar surface area (TPSA) is 123 Å². The number of ether oxygens (including phenoxy) is 2. The minimum Gasteiger partial charge on any atom is -0.469 e. The van der Waals surface area contributed by atoms with E-state index in [0.717, 1.165) is 0 Å². The van der Waals surface area contributed by atoms with E-state index in [4.69, 9.17) is 4.74 Å². The molecule has 0 saturated carbocycles. The molecule has 3 amide bonds. The summed E-state index contributed by atoms with van der Waals surface area (Å²) in [4.78, 5) is 48.1. The maximum atomic E-state index is 12.5. The number of nitrogens with one attached hydrogen (secondary N) is 3. The van der Waals surface area contributed by atoms with Crippen molar-refractivity contribution >= 4 is 23.9 Å². The number of carbonyl (C=O) groups excluding carboxylic acids is 4. The van der Waals surface area contributed by atoms with Gasteiger partial charge in [0.05, 0.1) is 7.11 Å². The van der Waals surface area contributed by atoms with E-state index in [-0.39, 0.29) is 25.2 Å². The first kappa shape index (κ1) is 25.7. The summed E-state index contributed by atoms with van der Waals surface area (Å²) in [6.07, 6.45) is -0.573. The van der Waals surface area contributed by atoms with E-state index in [1.54, 1.807) is 20.8 Å². The highest BCUT2D eigenvalue weighted by molar-refractivity contribution is 5.88. The zero-order valence-electron chi connectivity index (χ0n) is 18.2. The molecular formula is C19H35N3O6. The normalized spacial score (nSPS) is 13.7. The highest BCUT2D eigenvalue weighted by Gasteiger charge is 2.33. The largest absolute Gasteiger partial charge is 0.469 e. The number of rotatable bonds is 8. The van der Waals surface area contributed by atoms with Gasteiger partial charge in [-0.1, -0.05) is 20.8 Å². The van der Waals surface area contributed by atoms with Gasteiger partial charge < -0.3 is 25.4 Å². The Bertz CT molecular complexity index is 563. The van der Waals surface area contributed by atoms with E-state index in [9.17, 15) is 19.2 Å². The number of carbonyl (C=O) groups is 4. The zero-order valence-corrected chi connectivity index (χ0v) is 18.2. The molecule has 0 heterocycles. The van der Waals surface area contributed by atoms with Crippen LogP contribution in [-0.4, -0.2) is 55.7 Å². The molecule has 3 N–H and O–H groups in total. The molecule has 28 heavy (non-hydrogen) atoms. The second kappa shape index (κ2) is 10.9. The Hall–Kier alpha value is -2.32. The van der Waals surface area contributed by atoms with Crippen molar-refractivity contribution in [1.29, 1.82) is 0 Å². The first-order valence-electron chi connectivity index (χ1n) is 9.27. The van der Waals surface area contributed by atoms with Gasteiger partial charge in [-0.3, -0.25) is 14.4 Å². The lowest BCUT2D eigenvalue weighted by atomic mass is 9.86. The summed E-state index contributed by atoms with van der Waals surface area (Å²) in [5.41, 5.74) is -1.20. The monoisotopic (exact) mass is 401 g/mol. The Morgan fingerprint density at radius 3 is 1.96 bits per heavy atom. The highest BCUT2D eigenvalue weighted by Crippen LogP contribution is 2.20. The van der Waals surface area contributed by atoms with Gasteiger partial charge in [0.2, 0.25) is 11.8 Å². The van der Waals surface area contributed by atoms with Gasteiger partial charge in [-0.15, -0.1) is 0 Å². The van der Waals surface area contributed by atoms with Crippen molar-refractivity contribution in [3.63, 3.8) is 0 Å². The van der Waals surface area contributed by atoms with Crippen LogP contribution in [0.1, 0.15) is 60.8 Å². The lowest BCUT2D eigenvalue weighted by Crippen LogP contribution is -2.54. The van der Waals surface area contributed by atoms with Crippen LogP contribution in [0.15, 0.2) is 0 Å². The number of methoxy groups -OCH3 is 1. The third kappa shape index (κ3) is 10.7. The van der Waals surface area contributed by atoms with Crippen molar-refractivity contribution in [1.82, 2.24) is 16.0 Å². The quantitative estimate of drug-likeness (QED) is 0.530. The van der Waals surface area contributed by atoms with Gasteiger partial charge in [0.15, 0.2) is 0 Å². The molecule has 0 aliphatic heterocycles. The van der Waals surface area contributed by atoms with Gasteiger partial charge >= 0.3 is 12.1 Å². The van der Waals surface area contributed by atoms with Gasteiger partial charge in [0, 0.05) is 25.9 Å². The molecule has 0 radical (unpaired) electrons. The van der Waals surface area contributed by atoms with Crippen molar-refractivity contribution in [3.8, 4) is 0 Å². The molecule has 0 aromatic heterocycles. The second-order valence-electron chi connectivity index (χ2n) is 8.64. The Kier molecular flexibility index (Phi) is 9.97. The first-order chi connectivity index (χ1) is 12.7. The van der Waals surface area contributed by atoms with E-state index in [0.29, 0.717) is 0 Å². The minimum atomic E-state index is -0.743. The smallest absolute Gasteiger partial charge is 0.407 e. The van der Waals surface area contributed by atoms with Gasteiger partial charge in [-0.2, -0.15) is 0 Å². The molecule has 2 atom stereocenters. The Morgan fingerprint density at radius 2 is 1.54 bits per heavy atom. The molecule has 9 heteroatoms. The van der Waals surface area contributed by atoms with E-state index < -0.39 is 41.1 Å². The van der Waals surface area contributed by atoms with Crippen molar-refractivity contribution < 1.29 is 28.7 Å². The molecule has 162 valence electrons. The number of hydrogen-bond donors (Lipinski definition) is 3. The van der Waals surface area contributed by atoms with Gasteiger partial charge in [0.1, 0.15) is 11.6 Å². The summed E-state index contributed by atoms with van der Waals surface area (Å²) in [6, 6.07) is -1.40.